The molecule has 96 valence electrons. The van der Waals surface area contributed by atoms with Gasteiger partial charge in [0.2, 0.25) is 0 Å². The van der Waals surface area contributed by atoms with E-state index in [0.29, 0.717) is 18.0 Å². The topological polar surface area (TPSA) is 57.0 Å². The van der Waals surface area contributed by atoms with Gasteiger partial charge in [-0.3, -0.25) is 0 Å². The van der Waals surface area contributed by atoms with Gasteiger partial charge in [0.05, 0.1) is 12.3 Å². The molecule has 0 aliphatic heterocycles. The number of ether oxygens (including phenoxy) is 1. The number of esters is 1. The van der Waals surface area contributed by atoms with Crippen LogP contribution in [0.1, 0.15) is 12.6 Å². The lowest BCUT2D eigenvalue weighted by molar-refractivity contribution is -0.173. The number of rotatable bonds is 6. The molecule has 1 rings (SSSR count). The first-order chi connectivity index (χ1) is 7.99. The van der Waals surface area contributed by atoms with Crippen molar-refractivity contribution >= 4 is 17.6 Å². The van der Waals surface area contributed by atoms with Crippen molar-refractivity contribution in [1.82, 2.24) is 15.0 Å². The van der Waals surface area contributed by atoms with E-state index in [4.69, 9.17) is 11.6 Å². The Morgan fingerprint density at radius 1 is 1.65 bits per heavy atom. The Kier molecular flexibility index (Phi) is 4.80. The summed E-state index contributed by atoms with van der Waals surface area (Å²) in [5.74, 6) is -4.84. The molecule has 0 spiro atoms. The first kappa shape index (κ1) is 13.8. The number of halogens is 3. The molecule has 0 unspecified atom stereocenters. The third kappa shape index (κ3) is 3.92. The van der Waals surface area contributed by atoms with E-state index in [0.717, 1.165) is 4.68 Å². The second-order valence-corrected chi connectivity index (χ2v) is 3.65. The quantitative estimate of drug-likeness (QED) is 0.575. The van der Waals surface area contributed by atoms with Crippen LogP contribution in [0, 0.1) is 0 Å². The predicted octanol–water partition coefficient (Wildman–Crippen LogP) is 1.26. The lowest BCUT2D eigenvalue weighted by Gasteiger charge is -2.13. The van der Waals surface area contributed by atoms with Gasteiger partial charge in [-0.25, -0.2) is 9.48 Å². The van der Waals surface area contributed by atoms with Crippen LogP contribution in [-0.2, 0) is 22.5 Å². The van der Waals surface area contributed by atoms with Gasteiger partial charge in [0.1, 0.15) is 6.54 Å². The van der Waals surface area contributed by atoms with Gasteiger partial charge in [-0.2, -0.15) is 8.78 Å². The summed E-state index contributed by atoms with van der Waals surface area (Å²) in [7, 11) is 0. The van der Waals surface area contributed by atoms with Crippen LogP contribution >= 0.6 is 11.6 Å². The molecular weight excluding hydrogens is 256 g/mol. The number of aromatic nitrogens is 3. The molecule has 0 aromatic carbocycles. The average molecular weight is 268 g/mol. The van der Waals surface area contributed by atoms with Gasteiger partial charge in [-0.1, -0.05) is 5.21 Å². The Bertz CT molecular complexity index is 384. The van der Waals surface area contributed by atoms with Crippen molar-refractivity contribution in [3.63, 3.8) is 0 Å². The third-order valence-corrected chi connectivity index (χ3v) is 2.06. The number of aryl methyl sites for hydroxylation is 1. The Labute approximate surface area is 102 Å². The van der Waals surface area contributed by atoms with Gasteiger partial charge in [-0.15, -0.1) is 16.7 Å². The summed E-state index contributed by atoms with van der Waals surface area (Å²) in [6.07, 6.45) is 1.77. The van der Waals surface area contributed by atoms with Crippen LogP contribution in [0.25, 0.3) is 0 Å². The van der Waals surface area contributed by atoms with Crippen molar-refractivity contribution in [2.24, 2.45) is 0 Å². The minimum Gasteiger partial charge on any atom is -0.462 e. The second-order valence-electron chi connectivity index (χ2n) is 3.27. The fraction of sp³-hybridized carbons (Fsp3) is 0.667. The number of alkyl halides is 3. The lowest BCUT2D eigenvalue weighted by Crippen LogP contribution is -2.35. The van der Waals surface area contributed by atoms with E-state index in [1.54, 1.807) is 0 Å². The normalized spacial score (nSPS) is 11.5. The van der Waals surface area contributed by atoms with Crippen LogP contribution in [0.2, 0.25) is 0 Å². The van der Waals surface area contributed by atoms with Crippen molar-refractivity contribution in [1.29, 1.82) is 0 Å². The van der Waals surface area contributed by atoms with Crippen LogP contribution in [0.5, 0.6) is 0 Å². The Hall–Kier alpha value is -1.24. The fourth-order valence-electron chi connectivity index (χ4n) is 1.13. The van der Waals surface area contributed by atoms with Crippen molar-refractivity contribution in [2.45, 2.75) is 25.8 Å². The number of hydrogen-bond donors (Lipinski definition) is 0. The smallest absolute Gasteiger partial charge is 0.379 e. The molecule has 8 heteroatoms. The molecule has 0 saturated carbocycles. The zero-order chi connectivity index (χ0) is 12.9. The summed E-state index contributed by atoms with van der Waals surface area (Å²) in [6, 6.07) is 0. The molecule has 1 aromatic heterocycles. The molecule has 5 nitrogen and oxygen atoms in total. The molecule has 0 N–H and O–H groups in total. The van der Waals surface area contributed by atoms with Gasteiger partial charge < -0.3 is 4.74 Å². The summed E-state index contributed by atoms with van der Waals surface area (Å²) >= 11 is 5.47. The summed E-state index contributed by atoms with van der Waals surface area (Å²) in [5, 5.41) is 7.12. The van der Waals surface area contributed by atoms with Crippen LogP contribution in [0.3, 0.4) is 0 Å². The summed E-state index contributed by atoms with van der Waals surface area (Å²) in [4.78, 5) is 10.9. The number of carbonyl (C=O) groups excluding carboxylic acids is 1. The van der Waals surface area contributed by atoms with E-state index < -0.39 is 18.4 Å². The fourth-order valence-corrected chi connectivity index (χ4v) is 1.33. The highest BCUT2D eigenvalue weighted by Crippen LogP contribution is 2.18. The van der Waals surface area contributed by atoms with E-state index in [1.165, 1.54) is 13.1 Å². The Balaban J connectivity index is 2.65. The summed E-state index contributed by atoms with van der Waals surface area (Å²) < 4.78 is 31.8. The van der Waals surface area contributed by atoms with E-state index in [-0.39, 0.29) is 6.61 Å². The Morgan fingerprint density at radius 3 is 2.94 bits per heavy atom. The first-order valence-corrected chi connectivity index (χ1v) is 5.53. The van der Waals surface area contributed by atoms with E-state index >= 15 is 0 Å². The molecule has 0 radical (unpaired) electrons. The highest BCUT2D eigenvalue weighted by Gasteiger charge is 2.41. The number of carbonyl (C=O) groups is 1. The second kappa shape index (κ2) is 5.90. The van der Waals surface area contributed by atoms with Crippen molar-refractivity contribution < 1.29 is 18.3 Å². The molecule has 0 bridgehead atoms. The molecule has 0 atom stereocenters. The maximum Gasteiger partial charge on any atom is 0.379 e. The van der Waals surface area contributed by atoms with Crippen LogP contribution in [0.4, 0.5) is 8.78 Å². The molecule has 0 aliphatic rings. The molecular formula is C9H12ClF2N3O2. The third-order valence-electron chi connectivity index (χ3n) is 1.87. The zero-order valence-electron chi connectivity index (χ0n) is 9.20. The van der Waals surface area contributed by atoms with Gasteiger partial charge in [-0.05, 0) is 6.92 Å². The monoisotopic (exact) mass is 267 g/mol. The highest BCUT2D eigenvalue weighted by atomic mass is 35.5. The highest BCUT2D eigenvalue weighted by molar-refractivity contribution is 6.17. The van der Waals surface area contributed by atoms with Gasteiger partial charge in [0, 0.05) is 18.5 Å². The largest absolute Gasteiger partial charge is 0.462 e. The molecule has 17 heavy (non-hydrogen) atoms. The van der Waals surface area contributed by atoms with E-state index in [9.17, 15) is 13.6 Å². The van der Waals surface area contributed by atoms with Gasteiger partial charge in [0.25, 0.3) is 0 Å². The summed E-state index contributed by atoms with van der Waals surface area (Å²) in [6.45, 7) is 0.479. The number of nitrogens with zero attached hydrogens (tertiary/aromatic N) is 3. The zero-order valence-corrected chi connectivity index (χ0v) is 9.95. The molecule has 0 aliphatic carbocycles. The van der Waals surface area contributed by atoms with Crippen molar-refractivity contribution in [3.8, 4) is 0 Å². The average Bonchev–Trinajstić information content (AvgIpc) is 2.66. The van der Waals surface area contributed by atoms with E-state index in [2.05, 4.69) is 15.0 Å². The minimum atomic E-state index is -3.61. The van der Waals surface area contributed by atoms with Crippen LogP contribution < -0.4 is 0 Å². The molecule has 1 aromatic rings. The predicted molar refractivity (Wildman–Crippen MR) is 56.0 cm³/mol. The summed E-state index contributed by atoms with van der Waals surface area (Å²) in [5.41, 5.74) is 0.500. The standard InChI is InChI=1S/C9H12ClF2N3O2/c1-2-17-8(16)9(11,12)6-15-5-7(3-4-10)13-14-15/h5H,2-4,6H2,1H3. The molecule has 0 saturated heterocycles. The maximum absolute atomic E-state index is 13.3. The molecule has 0 fully saturated rings. The minimum absolute atomic E-state index is 0.0940. The molecule has 0 amide bonds. The number of hydrogen-bond acceptors (Lipinski definition) is 4. The molecule has 1 heterocycles. The van der Waals surface area contributed by atoms with Crippen molar-refractivity contribution in [2.75, 3.05) is 12.5 Å². The van der Waals surface area contributed by atoms with Crippen LogP contribution in [0.15, 0.2) is 6.20 Å². The van der Waals surface area contributed by atoms with E-state index in [1.807, 2.05) is 0 Å². The van der Waals surface area contributed by atoms with Gasteiger partial charge >= 0.3 is 11.9 Å². The van der Waals surface area contributed by atoms with Crippen molar-refractivity contribution in [3.05, 3.63) is 11.9 Å². The maximum atomic E-state index is 13.3. The first-order valence-electron chi connectivity index (χ1n) is 4.99. The van der Waals surface area contributed by atoms with Gasteiger partial charge in [0.15, 0.2) is 0 Å². The Morgan fingerprint density at radius 2 is 2.35 bits per heavy atom. The van der Waals surface area contributed by atoms with Crippen LogP contribution in [-0.4, -0.2) is 39.4 Å². The SMILES string of the molecule is CCOC(=O)C(F)(F)Cn1cc(CCCl)nn1. The lowest BCUT2D eigenvalue weighted by atomic mass is 10.3.